The fourth-order valence-electron chi connectivity index (χ4n) is 3.44. The Hall–Kier alpha value is -2.69. The minimum Gasteiger partial charge on any atom is -0.369 e. The Morgan fingerprint density at radius 2 is 1.81 bits per heavy atom. The molecule has 1 aliphatic rings. The molecule has 31 heavy (non-hydrogen) atoms. The second-order valence-corrected chi connectivity index (χ2v) is 10.4. The standard InChI is InChI=1S/C20H19ClN4O4S2/c21-14-2-4-15(5-3-14)31(28,29)24-20-23-16-6-1-13(11-17(16)30-20)19(27)25-9-7-12(8-10-25)18(22)26/h1-6,11-12H,7-10H2,(H2,22,26)(H,23,24). The van der Waals surface area contributed by atoms with Crippen molar-refractivity contribution in [2.75, 3.05) is 17.8 Å². The summed E-state index contributed by atoms with van der Waals surface area (Å²) in [6.07, 6.45) is 1.11. The van der Waals surface area contributed by atoms with E-state index in [1.54, 1.807) is 23.1 Å². The highest BCUT2D eigenvalue weighted by Gasteiger charge is 2.26. The second kappa shape index (κ2) is 8.45. The molecular formula is C20H19ClN4O4S2. The molecule has 1 saturated heterocycles. The summed E-state index contributed by atoms with van der Waals surface area (Å²) in [5.41, 5.74) is 6.42. The van der Waals surface area contributed by atoms with Crippen molar-refractivity contribution in [3.63, 3.8) is 0 Å². The lowest BCUT2D eigenvalue weighted by Gasteiger charge is -2.30. The number of likely N-dealkylation sites (tertiary alicyclic amines) is 1. The number of hydrogen-bond donors (Lipinski definition) is 2. The maximum absolute atomic E-state index is 12.8. The zero-order valence-corrected chi connectivity index (χ0v) is 18.6. The molecule has 0 bridgehead atoms. The molecular weight excluding hydrogens is 460 g/mol. The second-order valence-electron chi connectivity index (χ2n) is 7.23. The topological polar surface area (TPSA) is 122 Å². The molecule has 1 aliphatic heterocycles. The van der Waals surface area contributed by atoms with Gasteiger partial charge in [0.25, 0.3) is 15.9 Å². The number of primary amides is 1. The molecule has 2 heterocycles. The fourth-order valence-corrected chi connectivity index (χ4v) is 5.70. The molecule has 11 heteroatoms. The van der Waals surface area contributed by atoms with E-state index in [2.05, 4.69) is 9.71 Å². The normalized spacial score (nSPS) is 15.2. The number of nitrogens with one attached hydrogen (secondary N) is 1. The van der Waals surface area contributed by atoms with Crippen LogP contribution < -0.4 is 10.5 Å². The van der Waals surface area contributed by atoms with Crippen molar-refractivity contribution in [3.05, 3.63) is 53.1 Å². The zero-order chi connectivity index (χ0) is 22.2. The van der Waals surface area contributed by atoms with Crippen LogP contribution >= 0.6 is 22.9 Å². The minimum absolute atomic E-state index is 0.0754. The number of amides is 2. The Morgan fingerprint density at radius 1 is 1.13 bits per heavy atom. The quantitative estimate of drug-likeness (QED) is 0.583. The van der Waals surface area contributed by atoms with Crippen molar-refractivity contribution >= 4 is 60.1 Å². The molecule has 0 radical (unpaired) electrons. The monoisotopic (exact) mass is 478 g/mol. The number of aromatic nitrogens is 1. The first-order valence-electron chi connectivity index (χ1n) is 9.50. The van der Waals surface area contributed by atoms with Gasteiger partial charge in [0.2, 0.25) is 5.91 Å². The number of piperidine rings is 1. The Balaban J connectivity index is 1.51. The third-order valence-corrected chi connectivity index (χ3v) is 7.84. The molecule has 0 unspecified atom stereocenters. The van der Waals surface area contributed by atoms with Crippen LogP contribution in [0.5, 0.6) is 0 Å². The molecule has 3 aromatic rings. The minimum atomic E-state index is -3.81. The highest BCUT2D eigenvalue weighted by molar-refractivity contribution is 7.93. The van der Waals surface area contributed by atoms with Crippen LogP contribution in [0.2, 0.25) is 5.02 Å². The van der Waals surface area contributed by atoms with Gasteiger partial charge in [-0.1, -0.05) is 22.9 Å². The summed E-state index contributed by atoms with van der Waals surface area (Å²) in [6.45, 7) is 0.943. The number of halogens is 1. The van der Waals surface area contributed by atoms with E-state index in [1.807, 2.05) is 0 Å². The highest BCUT2D eigenvalue weighted by atomic mass is 35.5. The Kier molecular flexibility index (Phi) is 5.87. The summed E-state index contributed by atoms with van der Waals surface area (Å²) < 4.78 is 28.3. The number of carbonyl (C=O) groups is 2. The molecule has 162 valence electrons. The lowest BCUT2D eigenvalue weighted by atomic mass is 9.96. The van der Waals surface area contributed by atoms with E-state index < -0.39 is 10.0 Å². The number of fused-ring (bicyclic) bond motifs is 1. The zero-order valence-electron chi connectivity index (χ0n) is 16.2. The average Bonchev–Trinajstić information content (AvgIpc) is 3.14. The molecule has 0 spiro atoms. The third kappa shape index (κ3) is 4.65. The van der Waals surface area contributed by atoms with Gasteiger partial charge in [-0.15, -0.1) is 0 Å². The molecule has 0 aliphatic carbocycles. The van der Waals surface area contributed by atoms with E-state index in [0.29, 0.717) is 46.7 Å². The number of hydrogen-bond acceptors (Lipinski definition) is 6. The smallest absolute Gasteiger partial charge is 0.263 e. The van der Waals surface area contributed by atoms with Crippen LogP contribution in [0.3, 0.4) is 0 Å². The van der Waals surface area contributed by atoms with Crippen LogP contribution in [0.15, 0.2) is 47.4 Å². The van der Waals surface area contributed by atoms with Crippen LogP contribution in [0.1, 0.15) is 23.2 Å². The van der Waals surface area contributed by atoms with Gasteiger partial charge in [-0.2, -0.15) is 0 Å². The maximum Gasteiger partial charge on any atom is 0.263 e. The largest absolute Gasteiger partial charge is 0.369 e. The van der Waals surface area contributed by atoms with Crippen molar-refractivity contribution < 1.29 is 18.0 Å². The Labute approximate surface area is 188 Å². The average molecular weight is 479 g/mol. The maximum atomic E-state index is 12.8. The summed E-state index contributed by atoms with van der Waals surface area (Å²) >= 11 is 6.96. The summed E-state index contributed by atoms with van der Waals surface area (Å²) in [5.74, 6) is -0.655. The number of nitrogens with two attached hydrogens (primary N) is 1. The van der Waals surface area contributed by atoms with Gasteiger partial charge in [0.05, 0.1) is 15.1 Å². The molecule has 1 fully saturated rings. The van der Waals surface area contributed by atoms with Crippen LogP contribution in [0.25, 0.3) is 10.2 Å². The van der Waals surface area contributed by atoms with Gasteiger partial charge < -0.3 is 10.6 Å². The number of sulfonamides is 1. The molecule has 2 aromatic carbocycles. The van der Waals surface area contributed by atoms with E-state index >= 15 is 0 Å². The summed E-state index contributed by atoms with van der Waals surface area (Å²) in [7, 11) is -3.81. The summed E-state index contributed by atoms with van der Waals surface area (Å²) in [6, 6.07) is 10.9. The van der Waals surface area contributed by atoms with E-state index in [9.17, 15) is 18.0 Å². The van der Waals surface area contributed by atoms with Gasteiger partial charge in [-0.25, -0.2) is 13.4 Å². The van der Waals surface area contributed by atoms with Crippen molar-refractivity contribution in [1.29, 1.82) is 0 Å². The third-order valence-electron chi connectivity index (χ3n) is 5.17. The van der Waals surface area contributed by atoms with E-state index in [-0.39, 0.29) is 27.8 Å². The number of nitrogens with zero attached hydrogens (tertiary/aromatic N) is 2. The predicted octanol–water partition coefficient (Wildman–Crippen LogP) is 3.09. The van der Waals surface area contributed by atoms with Crippen LogP contribution in [-0.2, 0) is 14.8 Å². The van der Waals surface area contributed by atoms with Gasteiger partial charge in [0.15, 0.2) is 5.13 Å². The molecule has 0 saturated carbocycles. The van der Waals surface area contributed by atoms with Crippen molar-refractivity contribution in [1.82, 2.24) is 9.88 Å². The Bertz CT molecular complexity index is 1250. The van der Waals surface area contributed by atoms with Crippen LogP contribution in [0.4, 0.5) is 5.13 Å². The lowest BCUT2D eigenvalue weighted by molar-refractivity contribution is -0.123. The molecule has 8 nitrogen and oxygen atoms in total. The first kappa shape index (κ1) is 21.5. The molecule has 4 rings (SSSR count). The highest BCUT2D eigenvalue weighted by Crippen LogP contribution is 2.29. The first-order chi connectivity index (χ1) is 14.7. The Morgan fingerprint density at radius 3 is 2.45 bits per heavy atom. The van der Waals surface area contributed by atoms with Crippen LogP contribution in [-0.4, -0.2) is 43.2 Å². The SMILES string of the molecule is NC(=O)C1CCN(C(=O)c2ccc3nc(NS(=O)(=O)c4ccc(Cl)cc4)sc3c2)CC1. The van der Waals surface area contributed by atoms with Crippen molar-refractivity contribution in [2.24, 2.45) is 11.7 Å². The number of benzene rings is 2. The van der Waals surface area contributed by atoms with Gasteiger partial charge in [-0.3, -0.25) is 14.3 Å². The first-order valence-corrected chi connectivity index (χ1v) is 12.2. The molecule has 0 atom stereocenters. The number of rotatable bonds is 5. The molecule has 3 N–H and O–H groups in total. The fraction of sp³-hybridized carbons (Fsp3) is 0.250. The number of anilines is 1. The number of carbonyl (C=O) groups excluding carboxylic acids is 2. The number of thiazole rings is 1. The molecule has 2 amide bonds. The lowest BCUT2D eigenvalue weighted by Crippen LogP contribution is -2.41. The molecule has 1 aromatic heterocycles. The predicted molar refractivity (Wildman–Crippen MR) is 120 cm³/mol. The van der Waals surface area contributed by atoms with Crippen molar-refractivity contribution in [2.45, 2.75) is 17.7 Å². The summed E-state index contributed by atoms with van der Waals surface area (Å²) in [4.78, 5) is 30.2. The van der Waals surface area contributed by atoms with Gasteiger partial charge >= 0.3 is 0 Å². The summed E-state index contributed by atoms with van der Waals surface area (Å²) in [5, 5.41) is 0.645. The van der Waals surface area contributed by atoms with Crippen LogP contribution in [0, 0.1) is 5.92 Å². The van der Waals surface area contributed by atoms with E-state index in [4.69, 9.17) is 17.3 Å². The van der Waals surface area contributed by atoms with Crippen molar-refractivity contribution in [3.8, 4) is 0 Å². The van der Waals surface area contributed by atoms with Gasteiger partial charge in [0.1, 0.15) is 0 Å². The van der Waals surface area contributed by atoms with E-state index in [1.165, 1.54) is 24.3 Å². The van der Waals surface area contributed by atoms with Gasteiger partial charge in [-0.05, 0) is 55.3 Å². The van der Waals surface area contributed by atoms with Gasteiger partial charge in [0, 0.05) is 29.6 Å². The van der Waals surface area contributed by atoms with E-state index in [0.717, 1.165) is 11.3 Å².